The number of aryl methyl sites for hydroxylation is 2. The highest BCUT2D eigenvalue weighted by Crippen LogP contribution is 2.26. The molecule has 0 atom stereocenters. The van der Waals surface area contributed by atoms with Crippen molar-refractivity contribution in [2.45, 2.75) is 39.2 Å². The molecule has 156 valence electrons. The summed E-state index contributed by atoms with van der Waals surface area (Å²) in [4.78, 5) is 11.1. The maximum atomic E-state index is 11.1. The van der Waals surface area contributed by atoms with E-state index in [1.165, 1.54) is 24.0 Å². The van der Waals surface area contributed by atoms with Crippen molar-refractivity contribution in [3.63, 3.8) is 0 Å². The van der Waals surface area contributed by atoms with E-state index in [-0.39, 0.29) is 5.56 Å². The molecular formula is C24H26N2O4. The Morgan fingerprint density at radius 2 is 1.80 bits per heavy atom. The second kappa shape index (κ2) is 9.03. The zero-order chi connectivity index (χ0) is 20.9. The molecule has 0 bridgehead atoms. The molecule has 1 aromatic heterocycles. The quantitative estimate of drug-likeness (QED) is 0.592. The first-order valence-corrected chi connectivity index (χ1v) is 10.4. The lowest BCUT2D eigenvalue weighted by Gasteiger charge is -2.17. The monoisotopic (exact) mass is 406 g/mol. The summed E-state index contributed by atoms with van der Waals surface area (Å²) in [6.45, 7) is 3.51. The smallest absolute Gasteiger partial charge is 0.335 e. The van der Waals surface area contributed by atoms with Crippen molar-refractivity contribution in [3.05, 3.63) is 65.2 Å². The van der Waals surface area contributed by atoms with E-state index >= 15 is 0 Å². The summed E-state index contributed by atoms with van der Waals surface area (Å²) in [7, 11) is 0. The zero-order valence-electron chi connectivity index (χ0n) is 17.1. The van der Waals surface area contributed by atoms with E-state index in [1.54, 1.807) is 28.9 Å². The van der Waals surface area contributed by atoms with Gasteiger partial charge in [-0.3, -0.25) is 0 Å². The summed E-state index contributed by atoms with van der Waals surface area (Å²) in [6, 6.07) is 14.9. The number of carboxylic acid groups (broad SMARTS) is 1. The van der Waals surface area contributed by atoms with Gasteiger partial charge in [0.2, 0.25) is 5.88 Å². The highest BCUT2D eigenvalue weighted by Gasteiger charge is 2.13. The number of carboxylic acids is 1. The Morgan fingerprint density at radius 1 is 1.03 bits per heavy atom. The molecule has 0 saturated heterocycles. The van der Waals surface area contributed by atoms with Gasteiger partial charge < -0.3 is 14.6 Å². The molecule has 0 spiro atoms. The SMILES string of the molecule is CCOc1cc(-c2ccc(C(=O)O)cc2)nn1CCOc1ccc2c(c1)CCCC2. The van der Waals surface area contributed by atoms with Gasteiger partial charge in [-0.1, -0.05) is 18.2 Å². The van der Waals surface area contributed by atoms with Crippen LogP contribution in [0.3, 0.4) is 0 Å². The lowest BCUT2D eigenvalue weighted by Crippen LogP contribution is -2.12. The average Bonchev–Trinajstić information content (AvgIpc) is 3.17. The third-order valence-electron chi connectivity index (χ3n) is 5.35. The van der Waals surface area contributed by atoms with E-state index in [4.69, 9.17) is 14.6 Å². The second-order valence-corrected chi connectivity index (χ2v) is 7.39. The van der Waals surface area contributed by atoms with Crippen LogP contribution in [0, 0.1) is 0 Å². The lowest BCUT2D eigenvalue weighted by atomic mass is 9.92. The molecule has 0 amide bonds. The van der Waals surface area contributed by atoms with Crippen LogP contribution in [0.4, 0.5) is 0 Å². The highest BCUT2D eigenvalue weighted by atomic mass is 16.5. The van der Waals surface area contributed by atoms with Gasteiger partial charge in [-0.2, -0.15) is 5.10 Å². The van der Waals surface area contributed by atoms with Gasteiger partial charge in [-0.05, 0) is 68.0 Å². The summed E-state index contributed by atoms with van der Waals surface area (Å²) in [6.07, 6.45) is 4.81. The van der Waals surface area contributed by atoms with Crippen molar-refractivity contribution < 1.29 is 19.4 Å². The Labute approximate surface area is 176 Å². The van der Waals surface area contributed by atoms with Crippen molar-refractivity contribution in [2.75, 3.05) is 13.2 Å². The molecule has 2 aromatic carbocycles. The molecule has 6 heteroatoms. The van der Waals surface area contributed by atoms with E-state index in [0.29, 0.717) is 25.6 Å². The number of benzene rings is 2. The fourth-order valence-corrected chi connectivity index (χ4v) is 3.80. The number of aromatic nitrogens is 2. The van der Waals surface area contributed by atoms with Gasteiger partial charge >= 0.3 is 5.97 Å². The number of nitrogens with zero attached hydrogens (tertiary/aromatic N) is 2. The Hall–Kier alpha value is -3.28. The summed E-state index contributed by atoms with van der Waals surface area (Å²) in [5.74, 6) is 0.621. The number of rotatable bonds is 8. The van der Waals surface area contributed by atoms with Crippen LogP contribution in [-0.2, 0) is 19.4 Å². The fraction of sp³-hybridized carbons (Fsp3) is 0.333. The molecule has 0 radical (unpaired) electrons. The molecule has 3 aromatic rings. The van der Waals surface area contributed by atoms with Crippen molar-refractivity contribution >= 4 is 5.97 Å². The third kappa shape index (κ3) is 4.48. The normalized spacial score (nSPS) is 13.0. The van der Waals surface area contributed by atoms with Crippen LogP contribution in [0.15, 0.2) is 48.5 Å². The average molecular weight is 406 g/mol. The minimum absolute atomic E-state index is 0.252. The van der Waals surface area contributed by atoms with Gasteiger partial charge in [0.25, 0.3) is 0 Å². The molecular weight excluding hydrogens is 380 g/mol. The fourth-order valence-electron chi connectivity index (χ4n) is 3.80. The minimum Gasteiger partial charge on any atom is -0.492 e. The predicted molar refractivity (Wildman–Crippen MR) is 114 cm³/mol. The van der Waals surface area contributed by atoms with E-state index in [1.807, 2.05) is 19.1 Å². The standard InChI is InChI=1S/C24H26N2O4/c1-2-29-23-16-22(18-7-9-19(10-8-18)24(27)28)25-26(23)13-14-30-21-12-11-17-5-3-4-6-20(17)15-21/h7-12,15-16H,2-6,13-14H2,1H3,(H,27,28). The number of hydrogen-bond acceptors (Lipinski definition) is 4. The van der Waals surface area contributed by atoms with Crippen molar-refractivity contribution in [1.29, 1.82) is 0 Å². The van der Waals surface area contributed by atoms with Crippen LogP contribution in [0.5, 0.6) is 11.6 Å². The molecule has 6 nitrogen and oxygen atoms in total. The molecule has 1 N–H and O–H groups in total. The van der Waals surface area contributed by atoms with Crippen LogP contribution < -0.4 is 9.47 Å². The largest absolute Gasteiger partial charge is 0.492 e. The Bertz CT molecular complexity index is 1020. The molecule has 30 heavy (non-hydrogen) atoms. The minimum atomic E-state index is -0.943. The maximum absolute atomic E-state index is 11.1. The second-order valence-electron chi connectivity index (χ2n) is 7.39. The van der Waals surface area contributed by atoms with Gasteiger partial charge in [-0.25, -0.2) is 9.48 Å². The Morgan fingerprint density at radius 3 is 2.53 bits per heavy atom. The number of aromatic carboxylic acids is 1. The zero-order valence-corrected chi connectivity index (χ0v) is 17.1. The van der Waals surface area contributed by atoms with Gasteiger partial charge in [0.05, 0.1) is 24.4 Å². The third-order valence-corrected chi connectivity index (χ3v) is 5.35. The highest BCUT2D eigenvalue weighted by molar-refractivity contribution is 5.88. The first kappa shape index (κ1) is 20.0. The van der Waals surface area contributed by atoms with E-state index in [2.05, 4.69) is 17.2 Å². The van der Waals surface area contributed by atoms with Crippen LogP contribution in [0.25, 0.3) is 11.3 Å². The number of fused-ring (bicyclic) bond motifs is 1. The van der Waals surface area contributed by atoms with Gasteiger partial charge in [0.1, 0.15) is 12.4 Å². The number of carbonyl (C=O) groups is 1. The number of ether oxygens (including phenoxy) is 2. The summed E-state index contributed by atoms with van der Waals surface area (Å²) in [5, 5.41) is 13.7. The Kier molecular flexibility index (Phi) is 6.02. The molecule has 0 unspecified atom stereocenters. The van der Waals surface area contributed by atoms with Crippen LogP contribution in [-0.4, -0.2) is 34.1 Å². The molecule has 1 heterocycles. The van der Waals surface area contributed by atoms with Gasteiger partial charge in [0, 0.05) is 11.6 Å². The molecule has 4 rings (SSSR count). The number of hydrogen-bond donors (Lipinski definition) is 1. The van der Waals surface area contributed by atoms with Gasteiger partial charge in [-0.15, -0.1) is 0 Å². The van der Waals surface area contributed by atoms with Crippen molar-refractivity contribution in [3.8, 4) is 22.9 Å². The van der Waals surface area contributed by atoms with Crippen molar-refractivity contribution in [1.82, 2.24) is 9.78 Å². The Balaban J connectivity index is 1.45. The summed E-state index contributed by atoms with van der Waals surface area (Å²) >= 11 is 0. The summed E-state index contributed by atoms with van der Waals surface area (Å²) < 4.78 is 13.5. The molecule has 1 aliphatic carbocycles. The molecule has 1 aliphatic rings. The van der Waals surface area contributed by atoms with E-state index in [9.17, 15) is 4.79 Å². The predicted octanol–water partition coefficient (Wildman–Crippen LogP) is 4.60. The lowest BCUT2D eigenvalue weighted by molar-refractivity contribution is 0.0697. The van der Waals surface area contributed by atoms with E-state index < -0.39 is 5.97 Å². The van der Waals surface area contributed by atoms with E-state index in [0.717, 1.165) is 29.8 Å². The van der Waals surface area contributed by atoms with Crippen LogP contribution >= 0.6 is 0 Å². The first-order valence-electron chi connectivity index (χ1n) is 10.4. The first-order chi connectivity index (χ1) is 14.6. The molecule has 0 aliphatic heterocycles. The topological polar surface area (TPSA) is 73.6 Å². The molecule has 0 saturated carbocycles. The molecule has 0 fully saturated rings. The summed E-state index contributed by atoms with van der Waals surface area (Å²) in [5.41, 5.74) is 4.68. The van der Waals surface area contributed by atoms with Crippen LogP contribution in [0.2, 0.25) is 0 Å². The van der Waals surface area contributed by atoms with Gasteiger partial charge in [0.15, 0.2) is 0 Å². The van der Waals surface area contributed by atoms with Crippen LogP contribution in [0.1, 0.15) is 41.3 Å². The maximum Gasteiger partial charge on any atom is 0.335 e. The van der Waals surface area contributed by atoms with Crippen molar-refractivity contribution in [2.24, 2.45) is 0 Å².